The van der Waals surface area contributed by atoms with E-state index in [0.717, 1.165) is 122 Å². The highest BCUT2D eigenvalue weighted by molar-refractivity contribution is 5.71. The third-order valence-corrected chi connectivity index (χ3v) is 10.9. The van der Waals surface area contributed by atoms with Crippen molar-refractivity contribution in [2.24, 2.45) is 0 Å². The Bertz CT molecular complexity index is 1120. The second-order valence-electron chi connectivity index (χ2n) is 17.1. The molecular weight excluding hydrogens is 757 g/mol. The number of allylic oxidation sites excluding steroid dienone is 10. The highest BCUT2D eigenvalue weighted by Gasteiger charge is 2.19. The molecule has 352 valence electrons. The maximum Gasteiger partial charge on any atom is 0.306 e. The molecule has 0 N–H and O–H groups in total. The fourth-order valence-corrected chi connectivity index (χ4v) is 7.04. The van der Waals surface area contributed by atoms with E-state index in [1.165, 1.54) is 89.9 Å². The number of hydrogen-bond donors (Lipinski definition) is 0. The van der Waals surface area contributed by atoms with Gasteiger partial charge in [0.2, 0.25) is 0 Å². The average Bonchev–Trinajstić information content (AvgIpc) is 3.26. The zero-order valence-corrected chi connectivity index (χ0v) is 40.2. The van der Waals surface area contributed by atoms with E-state index < -0.39 is 6.10 Å². The predicted octanol–water partition coefficient (Wildman–Crippen LogP) is 16.9. The number of esters is 3. The lowest BCUT2D eigenvalue weighted by molar-refractivity contribution is -0.167. The predicted molar refractivity (Wildman–Crippen MR) is 261 cm³/mol. The lowest BCUT2D eigenvalue weighted by atomic mass is 10.1. The van der Waals surface area contributed by atoms with Gasteiger partial charge in [-0.2, -0.15) is 0 Å². The standard InChI is InChI=1S/C55H96O6/c1-4-7-10-13-16-19-22-25-26-27-28-31-33-36-39-42-45-48-54(57)60-51-52(61-55(58)49-46-43-40-37-34-30-24-21-18-15-12-9-6-3)50-59-53(56)47-44-41-38-35-32-29-23-20-17-14-11-8-5-2/h11-12,14-15,20-21,23-26,52H,4-10,13,16-19,22,27-51H2,1-3H3/b14-11-,15-12-,23-20-,24-21-,26-25-. The molecule has 1 unspecified atom stereocenters. The van der Waals surface area contributed by atoms with Gasteiger partial charge in [0.1, 0.15) is 13.2 Å². The van der Waals surface area contributed by atoms with E-state index in [9.17, 15) is 14.4 Å². The van der Waals surface area contributed by atoms with Crippen LogP contribution in [0.4, 0.5) is 0 Å². The summed E-state index contributed by atoms with van der Waals surface area (Å²) in [7, 11) is 0. The van der Waals surface area contributed by atoms with Gasteiger partial charge in [-0.15, -0.1) is 0 Å². The van der Waals surface area contributed by atoms with Gasteiger partial charge in [0, 0.05) is 19.3 Å². The van der Waals surface area contributed by atoms with Gasteiger partial charge < -0.3 is 14.2 Å². The van der Waals surface area contributed by atoms with Crippen LogP contribution in [0.3, 0.4) is 0 Å². The summed E-state index contributed by atoms with van der Waals surface area (Å²) in [6.07, 6.45) is 60.6. The largest absolute Gasteiger partial charge is 0.462 e. The average molecular weight is 853 g/mol. The monoisotopic (exact) mass is 853 g/mol. The maximum absolute atomic E-state index is 12.8. The van der Waals surface area contributed by atoms with Crippen molar-refractivity contribution >= 4 is 17.9 Å². The first-order valence-corrected chi connectivity index (χ1v) is 25.8. The zero-order chi connectivity index (χ0) is 44.4. The van der Waals surface area contributed by atoms with Crippen LogP contribution in [0.25, 0.3) is 0 Å². The molecule has 6 heteroatoms. The third kappa shape index (κ3) is 48.0. The molecule has 0 aromatic heterocycles. The van der Waals surface area contributed by atoms with Gasteiger partial charge in [0.05, 0.1) is 0 Å². The topological polar surface area (TPSA) is 78.9 Å². The van der Waals surface area contributed by atoms with Gasteiger partial charge in [-0.05, 0) is 96.3 Å². The molecule has 0 amide bonds. The molecule has 61 heavy (non-hydrogen) atoms. The Morgan fingerprint density at radius 3 is 0.984 bits per heavy atom. The third-order valence-electron chi connectivity index (χ3n) is 10.9. The molecule has 0 aromatic carbocycles. The zero-order valence-electron chi connectivity index (χ0n) is 40.2. The number of rotatable bonds is 46. The molecule has 0 bridgehead atoms. The van der Waals surface area contributed by atoms with Crippen molar-refractivity contribution in [3.05, 3.63) is 60.8 Å². The van der Waals surface area contributed by atoms with Crippen LogP contribution in [0, 0.1) is 0 Å². The molecule has 0 aliphatic rings. The van der Waals surface area contributed by atoms with E-state index in [2.05, 4.69) is 81.5 Å². The van der Waals surface area contributed by atoms with Crippen molar-refractivity contribution < 1.29 is 28.6 Å². The normalized spacial score (nSPS) is 12.5. The minimum Gasteiger partial charge on any atom is -0.462 e. The Kier molecular flexibility index (Phi) is 47.4. The highest BCUT2D eigenvalue weighted by atomic mass is 16.6. The van der Waals surface area contributed by atoms with E-state index in [1.807, 2.05) is 0 Å². The number of carbonyl (C=O) groups is 3. The highest BCUT2D eigenvalue weighted by Crippen LogP contribution is 2.14. The quantitative estimate of drug-likeness (QED) is 0.0263. The number of unbranched alkanes of at least 4 members (excludes halogenated alkanes) is 25. The summed E-state index contributed by atoms with van der Waals surface area (Å²) in [5, 5.41) is 0. The van der Waals surface area contributed by atoms with Crippen molar-refractivity contribution in [2.75, 3.05) is 13.2 Å². The second kappa shape index (κ2) is 49.8. The van der Waals surface area contributed by atoms with Crippen LogP contribution in [0.15, 0.2) is 60.8 Å². The van der Waals surface area contributed by atoms with E-state index in [-0.39, 0.29) is 31.1 Å². The van der Waals surface area contributed by atoms with Gasteiger partial charge in [0.25, 0.3) is 0 Å². The molecule has 0 heterocycles. The number of hydrogen-bond acceptors (Lipinski definition) is 6. The van der Waals surface area contributed by atoms with Crippen molar-refractivity contribution in [3.8, 4) is 0 Å². The molecule has 0 aliphatic heterocycles. The van der Waals surface area contributed by atoms with Crippen LogP contribution in [-0.4, -0.2) is 37.2 Å². The summed E-state index contributed by atoms with van der Waals surface area (Å²) in [6.45, 7) is 6.48. The Morgan fingerprint density at radius 1 is 0.328 bits per heavy atom. The van der Waals surface area contributed by atoms with Crippen molar-refractivity contribution in [1.82, 2.24) is 0 Å². The first-order valence-electron chi connectivity index (χ1n) is 25.8. The van der Waals surface area contributed by atoms with E-state index in [1.54, 1.807) is 0 Å². The molecule has 0 saturated carbocycles. The summed E-state index contributed by atoms with van der Waals surface area (Å²) in [4.78, 5) is 37.9. The molecule has 0 radical (unpaired) electrons. The van der Waals surface area contributed by atoms with Gasteiger partial charge in [-0.3, -0.25) is 14.4 Å². The van der Waals surface area contributed by atoms with E-state index in [4.69, 9.17) is 14.2 Å². The molecule has 0 aromatic rings. The van der Waals surface area contributed by atoms with E-state index in [0.29, 0.717) is 19.3 Å². The minimum absolute atomic E-state index is 0.0867. The molecule has 0 aliphatic carbocycles. The first kappa shape index (κ1) is 58.1. The Hall–Kier alpha value is -2.89. The Balaban J connectivity index is 4.39. The fraction of sp³-hybridized carbons (Fsp3) is 0.764. The summed E-state index contributed by atoms with van der Waals surface area (Å²) in [5.74, 6) is -0.917. The van der Waals surface area contributed by atoms with Crippen LogP contribution in [-0.2, 0) is 28.6 Å². The van der Waals surface area contributed by atoms with Crippen molar-refractivity contribution in [3.63, 3.8) is 0 Å². The molecule has 0 spiro atoms. The second-order valence-corrected chi connectivity index (χ2v) is 17.1. The molecular formula is C55H96O6. The summed E-state index contributed by atoms with van der Waals surface area (Å²) in [5.41, 5.74) is 0. The summed E-state index contributed by atoms with van der Waals surface area (Å²) in [6, 6.07) is 0. The van der Waals surface area contributed by atoms with Gasteiger partial charge in [-0.1, -0.05) is 197 Å². The summed E-state index contributed by atoms with van der Waals surface area (Å²) < 4.78 is 16.8. The number of ether oxygens (including phenoxy) is 3. The Labute approximate surface area is 377 Å². The van der Waals surface area contributed by atoms with Gasteiger partial charge in [0.15, 0.2) is 6.10 Å². The molecule has 0 rings (SSSR count). The SMILES string of the molecule is CCC/C=C\C/C=C\CCCCCCCC(=O)OCC(COC(=O)CCCCCCCCC/C=C\CCCCCCCC)OC(=O)CCCCCCC/C=C\C/C=C\CCC. The lowest BCUT2D eigenvalue weighted by Crippen LogP contribution is -2.30. The van der Waals surface area contributed by atoms with Crippen LogP contribution < -0.4 is 0 Å². The van der Waals surface area contributed by atoms with Gasteiger partial charge >= 0.3 is 17.9 Å². The fourth-order valence-electron chi connectivity index (χ4n) is 7.04. The lowest BCUT2D eigenvalue weighted by Gasteiger charge is -2.18. The Morgan fingerprint density at radius 2 is 0.623 bits per heavy atom. The van der Waals surface area contributed by atoms with Crippen LogP contribution >= 0.6 is 0 Å². The smallest absolute Gasteiger partial charge is 0.306 e. The van der Waals surface area contributed by atoms with Crippen molar-refractivity contribution in [1.29, 1.82) is 0 Å². The van der Waals surface area contributed by atoms with Crippen LogP contribution in [0.5, 0.6) is 0 Å². The molecule has 0 fully saturated rings. The summed E-state index contributed by atoms with van der Waals surface area (Å²) >= 11 is 0. The number of carbonyl (C=O) groups excluding carboxylic acids is 3. The van der Waals surface area contributed by atoms with Crippen LogP contribution in [0.2, 0.25) is 0 Å². The minimum atomic E-state index is -0.787. The van der Waals surface area contributed by atoms with Crippen LogP contribution in [0.1, 0.15) is 252 Å². The maximum atomic E-state index is 12.8. The molecule has 0 saturated heterocycles. The van der Waals surface area contributed by atoms with Crippen molar-refractivity contribution in [2.45, 2.75) is 258 Å². The molecule has 1 atom stereocenters. The first-order chi connectivity index (χ1) is 30.0. The molecule has 6 nitrogen and oxygen atoms in total. The van der Waals surface area contributed by atoms with Gasteiger partial charge in [-0.25, -0.2) is 0 Å². The van der Waals surface area contributed by atoms with E-state index >= 15 is 0 Å².